The van der Waals surface area contributed by atoms with Gasteiger partial charge in [-0.1, -0.05) is 77.3 Å². The zero-order valence-corrected chi connectivity index (χ0v) is 10.6. The third-order valence-corrected chi connectivity index (χ3v) is 2.52. The maximum Gasteiger partial charge on any atom is -0.0109 e. The standard InChI is InChI=1S/C14H14.C2H6.2CH4/c1-3-6-13-11(2)9-10-12-7-4-5-8-14(12)13;1-2;;/h3-10H,1-2H3;1-2H3;2*1H4/b6-3-;;;. The highest BCUT2D eigenvalue weighted by Gasteiger charge is 1.99. The summed E-state index contributed by atoms with van der Waals surface area (Å²) in [5.74, 6) is 0. The summed E-state index contributed by atoms with van der Waals surface area (Å²) in [6.45, 7) is 8.21. The summed E-state index contributed by atoms with van der Waals surface area (Å²) >= 11 is 0. The topological polar surface area (TPSA) is 0 Å². The molecule has 0 spiro atoms. The van der Waals surface area contributed by atoms with Gasteiger partial charge in [0.1, 0.15) is 0 Å². The average molecular weight is 244 g/mol. The summed E-state index contributed by atoms with van der Waals surface area (Å²) in [6, 6.07) is 12.9. The number of hydrogen-bond donors (Lipinski definition) is 0. The summed E-state index contributed by atoms with van der Waals surface area (Å²) in [4.78, 5) is 0. The van der Waals surface area contributed by atoms with Crippen LogP contribution in [0.2, 0.25) is 0 Å². The molecular formula is C18H28. The Balaban J connectivity index is 0. The highest BCUT2D eigenvalue weighted by molar-refractivity contribution is 5.91. The zero-order valence-electron chi connectivity index (χ0n) is 10.6. The molecule has 0 bridgehead atoms. The Morgan fingerprint density at radius 2 is 1.50 bits per heavy atom. The van der Waals surface area contributed by atoms with Crippen molar-refractivity contribution in [2.75, 3.05) is 0 Å². The van der Waals surface area contributed by atoms with Crippen molar-refractivity contribution < 1.29 is 0 Å². The molecule has 0 unspecified atom stereocenters. The molecule has 100 valence electrons. The fourth-order valence-electron chi connectivity index (χ4n) is 1.79. The summed E-state index contributed by atoms with van der Waals surface area (Å²) in [5.41, 5.74) is 2.67. The molecule has 0 atom stereocenters. The summed E-state index contributed by atoms with van der Waals surface area (Å²) in [5, 5.41) is 2.65. The van der Waals surface area contributed by atoms with Crippen LogP contribution in [-0.4, -0.2) is 0 Å². The fourth-order valence-corrected chi connectivity index (χ4v) is 1.79. The van der Waals surface area contributed by atoms with Crippen LogP contribution >= 0.6 is 0 Å². The van der Waals surface area contributed by atoms with Crippen LogP contribution in [0.5, 0.6) is 0 Å². The lowest BCUT2D eigenvalue weighted by Crippen LogP contribution is -1.83. The summed E-state index contributed by atoms with van der Waals surface area (Å²) in [7, 11) is 0. The highest BCUT2D eigenvalue weighted by atomic mass is 14.0. The SMILES string of the molecule is C.C.C/C=C\c1c(C)ccc2ccccc12.CC. The molecule has 0 aromatic heterocycles. The molecule has 0 aliphatic heterocycles. The van der Waals surface area contributed by atoms with E-state index in [2.05, 4.69) is 62.4 Å². The van der Waals surface area contributed by atoms with E-state index in [9.17, 15) is 0 Å². The molecule has 0 aliphatic rings. The van der Waals surface area contributed by atoms with Gasteiger partial charge in [0.2, 0.25) is 0 Å². The smallest absolute Gasteiger partial charge is 0.0109 e. The Hall–Kier alpha value is -1.56. The molecule has 18 heavy (non-hydrogen) atoms. The maximum absolute atomic E-state index is 2.18. The van der Waals surface area contributed by atoms with Crippen molar-refractivity contribution in [3.63, 3.8) is 0 Å². The van der Waals surface area contributed by atoms with E-state index in [1.807, 2.05) is 13.8 Å². The third kappa shape index (κ3) is 4.03. The summed E-state index contributed by atoms with van der Waals surface area (Å²) in [6.07, 6.45) is 4.27. The van der Waals surface area contributed by atoms with Gasteiger partial charge in [0.05, 0.1) is 0 Å². The van der Waals surface area contributed by atoms with Gasteiger partial charge in [0, 0.05) is 0 Å². The Morgan fingerprint density at radius 3 is 2.11 bits per heavy atom. The molecular weight excluding hydrogens is 216 g/mol. The second-order valence-corrected chi connectivity index (χ2v) is 3.52. The van der Waals surface area contributed by atoms with Crippen LogP contribution in [0.15, 0.2) is 42.5 Å². The van der Waals surface area contributed by atoms with E-state index in [0.717, 1.165) is 0 Å². The fraction of sp³-hybridized carbons (Fsp3) is 0.333. The predicted octanol–water partition coefficient (Wildman–Crippen LogP) is 6.48. The maximum atomic E-state index is 2.18. The molecule has 0 fully saturated rings. The van der Waals surface area contributed by atoms with Crippen LogP contribution < -0.4 is 0 Å². The predicted molar refractivity (Wildman–Crippen MR) is 88.2 cm³/mol. The van der Waals surface area contributed by atoms with E-state index in [-0.39, 0.29) is 14.9 Å². The van der Waals surface area contributed by atoms with Crippen molar-refractivity contribution in [2.45, 2.75) is 42.5 Å². The average Bonchev–Trinajstić information content (AvgIpc) is 2.35. The van der Waals surface area contributed by atoms with Crippen molar-refractivity contribution in [3.05, 3.63) is 53.6 Å². The van der Waals surface area contributed by atoms with Gasteiger partial charge < -0.3 is 0 Å². The number of fused-ring (bicyclic) bond motifs is 1. The van der Waals surface area contributed by atoms with E-state index >= 15 is 0 Å². The molecule has 0 saturated carbocycles. The first-order valence-electron chi connectivity index (χ1n) is 5.94. The quantitative estimate of drug-likeness (QED) is 0.538. The minimum Gasteiger partial charge on any atom is -0.0870 e. The highest BCUT2D eigenvalue weighted by Crippen LogP contribution is 2.23. The van der Waals surface area contributed by atoms with E-state index in [0.29, 0.717) is 0 Å². The lowest BCUT2D eigenvalue weighted by Gasteiger charge is -2.05. The molecule has 2 aromatic rings. The molecule has 2 aromatic carbocycles. The Bertz CT molecular complexity index is 478. The van der Waals surface area contributed by atoms with E-state index in [1.54, 1.807) is 0 Å². The molecule has 0 aliphatic carbocycles. The van der Waals surface area contributed by atoms with Gasteiger partial charge in [-0.15, -0.1) is 0 Å². The first kappa shape index (κ1) is 18.8. The number of benzene rings is 2. The Morgan fingerprint density at radius 1 is 0.889 bits per heavy atom. The van der Waals surface area contributed by atoms with Gasteiger partial charge >= 0.3 is 0 Å². The molecule has 0 amide bonds. The Kier molecular flexibility index (Phi) is 9.89. The minimum atomic E-state index is 0. The summed E-state index contributed by atoms with van der Waals surface area (Å²) < 4.78 is 0. The Labute approximate surface area is 113 Å². The largest absolute Gasteiger partial charge is 0.0870 e. The van der Waals surface area contributed by atoms with Crippen LogP contribution in [0.25, 0.3) is 16.8 Å². The molecule has 0 heteroatoms. The van der Waals surface area contributed by atoms with Crippen LogP contribution in [-0.2, 0) is 0 Å². The number of hydrogen-bond acceptors (Lipinski definition) is 0. The van der Waals surface area contributed by atoms with Gasteiger partial charge in [0.25, 0.3) is 0 Å². The lowest BCUT2D eigenvalue weighted by molar-refractivity contribution is 1.47. The molecule has 0 radical (unpaired) electrons. The van der Waals surface area contributed by atoms with Crippen LogP contribution in [0.1, 0.15) is 46.8 Å². The van der Waals surface area contributed by atoms with Gasteiger partial charge in [-0.3, -0.25) is 0 Å². The van der Waals surface area contributed by atoms with Gasteiger partial charge in [-0.2, -0.15) is 0 Å². The van der Waals surface area contributed by atoms with Crippen molar-refractivity contribution in [1.82, 2.24) is 0 Å². The van der Waals surface area contributed by atoms with Crippen molar-refractivity contribution in [1.29, 1.82) is 0 Å². The van der Waals surface area contributed by atoms with Crippen molar-refractivity contribution in [2.24, 2.45) is 0 Å². The molecule has 0 nitrogen and oxygen atoms in total. The van der Waals surface area contributed by atoms with Crippen LogP contribution in [0, 0.1) is 6.92 Å². The molecule has 2 rings (SSSR count). The normalized spacial score (nSPS) is 9.11. The molecule has 0 saturated heterocycles. The van der Waals surface area contributed by atoms with E-state index in [1.165, 1.54) is 21.9 Å². The molecule has 0 heterocycles. The lowest BCUT2D eigenvalue weighted by atomic mass is 9.99. The van der Waals surface area contributed by atoms with Gasteiger partial charge in [-0.25, -0.2) is 0 Å². The first-order valence-corrected chi connectivity index (χ1v) is 5.94. The van der Waals surface area contributed by atoms with Gasteiger partial charge in [-0.05, 0) is 35.7 Å². The van der Waals surface area contributed by atoms with E-state index < -0.39 is 0 Å². The van der Waals surface area contributed by atoms with Crippen molar-refractivity contribution in [3.8, 4) is 0 Å². The number of allylic oxidation sites excluding steroid dienone is 1. The zero-order chi connectivity index (χ0) is 12.0. The number of rotatable bonds is 1. The third-order valence-electron chi connectivity index (χ3n) is 2.52. The first-order chi connectivity index (χ1) is 7.83. The van der Waals surface area contributed by atoms with Crippen LogP contribution in [0.3, 0.4) is 0 Å². The minimum absolute atomic E-state index is 0. The van der Waals surface area contributed by atoms with E-state index in [4.69, 9.17) is 0 Å². The number of aryl methyl sites for hydroxylation is 1. The monoisotopic (exact) mass is 244 g/mol. The molecule has 0 N–H and O–H groups in total. The second-order valence-electron chi connectivity index (χ2n) is 3.52. The van der Waals surface area contributed by atoms with Gasteiger partial charge in [0.15, 0.2) is 0 Å². The van der Waals surface area contributed by atoms with Crippen molar-refractivity contribution >= 4 is 16.8 Å². The van der Waals surface area contributed by atoms with Crippen LogP contribution in [0.4, 0.5) is 0 Å². The second kappa shape index (κ2) is 9.47.